The quantitative estimate of drug-likeness (QED) is 0.367. The van der Waals surface area contributed by atoms with Gasteiger partial charge in [0.15, 0.2) is 19.1 Å². The number of carbonyl (C=O) groups is 1. The van der Waals surface area contributed by atoms with Crippen LogP contribution >= 0.6 is 0 Å². The van der Waals surface area contributed by atoms with Crippen molar-refractivity contribution in [1.82, 2.24) is 15.0 Å². The maximum Gasteiger partial charge on any atom is 0.345 e. The van der Waals surface area contributed by atoms with Crippen molar-refractivity contribution in [2.24, 2.45) is 0 Å². The molecule has 0 spiro atoms. The summed E-state index contributed by atoms with van der Waals surface area (Å²) in [7, 11) is 0. The molecule has 0 atom stereocenters. The van der Waals surface area contributed by atoms with E-state index in [9.17, 15) is 19.7 Å². The summed E-state index contributed by atoms with van der Waals surface area (Å²) in [6.45, 7) is -1.00. The largest absolute Gasteiger partial charge is 0.475 e. The Labute approximate surface area is 145 Å². The summed E-state index contributed by atoms with van der Waals surface area (Å²) in [5.41, 5.74) is -0.292. The molecule has 3 aromatic rings. The Morgan fingerprint density at radius 1 is 1.15 bits per heavy atom. The Kier molecular flexibility index (Phi) is 4.83. The molecule has 1 aromatic heterocycles. The van der Waals surface area contributed by atoms with E-state index in [-0.39, 0.29) is 11.4 Å². The van der Waals surface area contributed by atoms with E-state index in [1.807, 2.05) is 0 Å². The minimum Gasteiger partial charge on any atom is -0.475 e. The third-order valence-corrected chi connectivity index (χ3v) is 3.38. The lowest BCUT2D eigenvalue weighted by atomic mass is 10.2. The third-order valence-electron chi connectivity index (χ3n) is 3.38. The van der Waals surface area contributed by atoms with Gasteiger partial charge >= 0.3 is 11.7 Å². The number of carbonyl (C=O) groups excluding carboxylic acids is 1. The van der Waals surface area contributed by atoms with Crippen molar-refractivity contribution in [2.45, 2.75) is 6.73 Å². The van der Waals surface area contributed by atoms with Gasteiger partial charge in [-0.25, -0.2) is 4.79 Å². The summed E-state index contributed by atoms with van der Waals surface area (Å²) in [5, 5.41) is 18.8. The first kappa shape index (κ1) is 17.0. The summed E-state index contributed by atoms with van der Waals surface area (Å²) < 4.78 is 10.9. The highest BCUT2D eigenvalue weighted by atomic mass is 16.6. The highest BCUT2D eigenvalue weighted by Gasteiger charge is 2.15. The van der Waals surface area contributed by atoms with Crippen molar-refractivity contribution >= 4 is 22.6 Å². The van der Waals surface area contributed by atoms with Gasteiger partial charge in [-0.3, -0.25) is 14.9 Å². The van der Waals surface area contributed by atoms with Gasteiger partial charge in [-0.15, -0.1) is 5.10 Å². The van der Waals surface area contributed by atoms with Gasteiger partial charge in [0.25, 0.3) is 5.56 Å². The number of aromatic nitrogens is 3. The molecule has 0 saturated carbocycles. The number of ether oxygens (including phenoxy) is 2. The van der Waals surface area contributed by atoms with Gasteiger partial charge in [0, 0.05) is 6.07 Å². The molecule has 0 bridgehead atoms. The van der Waals surface area contributed by atoms with E-state index in [0.29, 0.717) is 10.9 Å². The highest BCUT2D eigenvalue weighted by molar-refractivity contribution is 5.76. The van der Waals surface area contributed by atoms with Crippen molar-refractivity contribution in [1.29, 1.82) is 0 Å². The summed E-state index contributed by atoms with van der Waals surface area (Å²) >= 11 is 0. The zero-order chi connectivity index (χ0) is 18.5. The number of hydrogen-bond donors (Lipinski definition) is 0. The fourth-order valence-corrected chi connectivity index (χ4v) is 2.15. The third kappa shape index (κ3) is 3.64. The molecule has 0 N–H and O–H groups in total. The Bertz CT molecular complexity index is 1030. The zero-order valence-corrected chi connectivity index (χ0v) is 13.3. The topological polar surface area (TPSA) is 126 Å². The Balaban J connectivity index is 1.62. The van der Waals surface area contributed by atoms with Gasteiger partial charge in [0.1, 0.15) is 5.52 Å². The fourth-order valence-electron chi connectivity index (χ4n) is 2.15. The van der Waals surface area contributed by atoms with Crippen LogP contribution in [0.15, 0.2) is 53.3 Å². The molecule has 0 saturated heterocycles. The first-order valence-corrected chi connectivity index (χ1v) is 7.40. The Morgan fingerprint density at radius 3 is 2.69 bits per heavy atom. The smallest absolute Gasteiger partial charge is 0.345 e. The standard InChI is InChI=1S/C16H12N4O6/c21-15(9-25-14-8-4-3-7-13(14)20(23)24)26-10-19-16(22)11-5-1-2-6-12(11)17-18-19/h1-8H,9-10H2. The lowest BCUT2D eigenvalue weighted by Crippen LogP contribution is -2.27. The maximum atomic E-state index is 12.2. The molecule has 0 aliphatic heterocycles. The number of hydrogen-bond acceptors (Lipinski definition) is 8. The summed E-state index contributed by atoms with van der Waals surface area (Å²) in [6.07, 6.45) is 0. The van der Waals surface area contributed by atoms with Crippen molar-refractivity contribution in [3.05, 3.63) is 69.0 Å². The molecule has 132 valence electrons. The number of esters is 1. The van der Waals surface area contributed by atoms with Crippen LogP contribution in [0.25, 0.3) is 10.9 Å². The van der Waals surface area contributed by atoms with Crippen LogP contribution in [0, 0.1) is 10.1 Å². The van der Waals surface area contributed by atoms with E-state index in [2.05, 4.69) is 10.3 Å². The monoisotopic (exact) mass is 356 g/mol. The Hall–Kier alpha value is -3.82. The summed E-state index contributed by atoms with van der Waals surface area (Å²) in [5.74, 6) is -0.873. The number of para-hydroxylation sites is 2. The minimum absolute atomic E-state index is 0.0582. The van der Waals surface area contributed by atoms with E-state index >= 15 is 0 Å². The van der Waals surface area contributed by atoms with Crippen LogP contribution in [0.4, 0.5) is 5.69 Å². The molecule has 26 heavy (non-hydrogen) atoms. The van der Waals surface area contributed by atoms with Crippen LogP contribution in [0.2, 0.25) is 0 Å². The van der Waals surface area contributed by atoms with Crippen LogP contribution in [0.5, 0.6) is 5.75 Å². The predicted octanol–water partition coefficient (Wildman–Crippen LogP) is 1.28. The maximum absolute atomic E-state index is 12.2. The van der Waals surface area contributed by atoms with Crippen molar-refractivity contribution < 1.29 is 19.2 Å². The number of benzene rings is 2. The second-order valence-corrected chi connectivity index (χ2v) is 5.07. The average molecular weight is 356 g/mol. The molecular weight excluding hydrogens is 344 g/mol. The van der Waals surface area contributed by atoms with Crippen molar-refractivity contribution in [3.8, 4) is 5.75 Å². The van der Waals surface area contributed by atoms with Gasteiger partial charge in [-0.1, -0.05) is 29.5 Å². The van der Waals surface area contributed by atoms with Crippen LogP contribution in [0.1, 0.15) is 0 Å². The van der Waals surface area contributed by atoms with Gasteiger partial charge in [0.2, 0.25) is 0 Å². The minimum atomic E-state index is -0.815. The zero-order valence-electron chi connectivity index (χ0n) is 13.3. The lowest BCUT2D eigenvalue weighted by Gasteiger charge is -2.08. The van der Waals surface area contributed by atoms with Gasteiger partial charge in [-0.2, -0.15) is 4.68 Å². The van der Waals surface area contributed by atoms with Crippen molar-refractivity contribution in [2.75, 3.05) is 6.61 Å². The van der Waals surface area contributed by atoms with Crippen LogP contribution in [0.3, 0.4) is 0 Å². The number of fused-ring (bicyclic) bond motifs is 1. The number of nitrogens with zero attached hydrogens (tertiary/aromatic N) is 4. The molecule has 0 unspecified atom stereocenters. The van der Waals surface area contributed by atoms with Crippen molar-refractivity contribution in [3.63, 3.8) is 0 Å². The lowest BCUT2D eigenvalue weighted by molar-refractivity contribution is -0.385. The molecule has 0 aliphatic carbocycles. The molecule has 1 heterocycles. The van der Waals surface area contributed by atoms with E-state index < -0.39 is 29.8 Å². The molecular formula is C16H12N4O6. The summed E-state index contributed by atoms with van der Waals surface area (Å²) in [6, 6.07) is 12.3. The first-order valence-electron chi connectivity index (χ1n) is 7.40. The van der Waals surface area contributed by atoms with Gasteiger partial charge in [0.05, 0.1) is 10.3 Å². The normalized spacial score (nSPS) is 10.5. The van der Waals surface area contributed by atoms with E-state index in [0.717, 1.165) is 4.68 Å². The molecule has 3 rings (SSSR count). The molecule has 10 heteroatoms. The average Bonchev–Trinajstić information content (AvgIpc) is 2.66. The second kappa shape index (κ2) is 7.38. The van der Waals surface area contributed by atoms with E-state index in [4.69, 9.17) is 9.47 Å². The molecule has 0 aliphatic rings. The fraction of sp³-hybridized carbons (Fsp3) is 0.125. The first-order chi connectivity index (χ1) is 12.6. The molecule has 0 amide bonds. The van der Waals surface area contributed by atoms with E-state index in [1.165, 1.54) is 24.3 Å². The number of nitro benzene ring substituents is 1. The predicted molar refractivity (Wildman–Crippen MR) is 88.5 cm³/mol. The van der Waals surface area contributed by atoms with Crippen LogP contribution < -0.4 is 10.3 Å². The van der Waals surface area contributed by atoms with Crippen LogP contribution in [-0.4, -0.2) is 32.5 Å². The molecule has 10 nitrogen and oxygen atoms in total. The SMILES string of the molecule is O=C(COc1ccccc1[N+](=O)[O-])OCn1nnc2ccccc2c1=O. The van der Waals surface area contributed by atoms with Gasteiger partial charge < -0.3 is 9.47 Å². The Morgan fingerprint density at radius 2 is 1.88 bits per heavy atom. The van der Waals surface area contributed by atoms with E-state index in [1.54, 1.807) is 24.3 Å². The molecule has 2 aromatic carbocycles. The number of nitro groups is 1. The summed E-state index contributed by atoms with van der Waals surface area (Å²) in [4.78, 5) is 34.2. The number of rotatable bonds is 6. The molecule has 0 fully saturated rings. The second-order valence-electron chi connectivity index (χ2n) is 5.07. The molecule has 0 radical (unpaired) electrons. The highest BCUT2D eigenvalue weighted by Crippen LogP contribution is 2.25. The van der Waals surface area contributed by atoms with Gasteiger partial charge in [-0.05, 0) is 18.2 Å². The van der Waals surface area contributed by atoms with Crippen LogP contribution in [-0.2, 0) is 16.3 Å².